The number of hydrogen-bond acceptors (Lipinski definition) is 2. The fraction of sp³-hybridized carbons (Fsp3) is 0.417. The van der Waals surface area contributed by atoms with Gasteiger partial charge >= 0.3 is 0 Å². The van der Waals surface area contributed by atoms with Crippen molar-refractivity contribution >= 4 is 24.3 Å². The Morgan fingerprint density at radius 3 is 2.94 bits per heavy atom. The van der Waals surface area contributed by atoms with Gasteiger partial charge in [-0.15, -0.1) is 0 Å². The third kappa shape index (κ3) is 1.63. The fourth-order valence-electron chi connectivity index (χ4n) is 2.30. The van der Waals surface area contributed by atoms with E-state index < -0.39 is 0 Å². The molecular formula is C12H13BN2O. The number of benzene rings is 1. The summed E-state index contributed by atoms with van der Waals surface area (Å²) < 4.78 is 7.61. The van der Waals surface area contributed by atoms with Crippen molar-refractivity contribution < 1.29 is 4.74 Å². The number of imidazole rings is 1. The third-order valence-corrected chi connectivity index (χ3v) is 3.18. The van der Waals surface area contributed by atoms with Crippen LogP contribution in [0.1, 0.15) is 18.9 Å². The summed E-state index contributed by atoms with van der Waals surface area (Å²) in [6, 6.07) is 6.36. The monoisotopic (exact) mass is 212 g/mol. The summed E-state index contributed by atoms with van der Waals surface area (Å²) in [5.41, 5.74) is 2.94. The van der Waals surface area contributed by atoms with Gasteiger partial charge in [-0.25, -0.2) is 4.98 Å². The largest absolute Gasteiger partial charge is 0.381 e. The predicted molar refractivity (Wildman–Crippen MR) is 64.2 cm³/mol. The van der Waals surface area contributed by atoms with Crippen LogP contribution in [0.2, 0.25) is 0 Å². The average molecular weight is 212 g/mol. The Bertz CT molecular complexity index is 503. The molecule has 2 aromatic rings. The number of nitrogens with zero attached hydrogens (tertiary/aromatic N) is 2. The van der Waals surface area contributed by atoms with E-state index in [2.05, 4.69) is 9.55 Å². The van der Waals surface area contributed by atoms with E-state index >= 15 is 0 Å². The van der Waals surface area contributed by atoms with E-state index in [0.29, 0.717) is 6.04 Å². The Balaban J connectivity index is 2.05. The van der Waals surface area contributed by atoms with E-state index in [1.807, 2.05) is 24.5 Å². The second-order valence-electron chi connectivity index (χ2n) is 4.24. The highest BCUT2D eigenvalue weighted by molar-refractivity contribution is 6.33. The highest BCUT2D eigenvalue weighted by Crippen LogP contribution is 2.24. The van der Waals surface area contributed by atoms with Crippen LogP contribution in [0, 0.1) is 0 Å². The van der Waals surface area contributed by atoms with Gasteiger partial charge in [0.2, 0.25) is 0 Å². The first-order valence-electron chi connectivity index (χ1n) is 5.64. The third-order valence-electron chi connectivity index (χ3n) is 3.18. The number of fused-ring (bicyclic) bond motifs is 1. The molecule has 16 heavy (non-hydrogen) atoms. The molecule has 0 N–H and O–H groups in total. The van der Waals surface area contributed by atoms with Gasteiger partial charge in [0.1, 0.15) is 7.85 Å². The lowest BCUT2D eigenvalue weighted by Gasteiger charge is -2.23. The summed E-state index contributed by atoms with van der Waals surface area (Å²) in [5, 5.41) is 0. The van der Waals surface area contributed by atoms with Crippen LogP contribution in [0.5, 0.6) is 0 Å². The lowest BCUT2D eigenvalue weighted by molar-refractivity contribution is 0.0706. The van der Waals surface area contributed by atoms with E-state index in [1.54, 1.807) is 0 Å². The molecule has 1 aromatic carbocycles. The molecule has 2 radical (unpaired) electrons. The molecule has 3 rings (SSSR count). The van der Waals surface area contributed by atoms with Gasteiger partial charge in [-0.3, -0.25) is 0 Å². The van der Waals surface area contributed by atoms with Crippen molar-refractivity contribution in [2.45, 2.75) is 18.9 Å². The summed E-state index contributed by atoms with van der Waals surface area (Å²) in [4.78, 5) is 4.40. The zero-order valence-corrected chi connectivity index (χ0v) is 9.10. The van der Waals surface area contributed by atoms with E-state index in [-0.39, 0.29) is 0 Å². The molecule has 0 amide bonds. The summed E-state index contributed by atoms with van der Waals surface area (Å²) in [7, 11) is 5.82. The number of ether oxygens (including phenoxy) is 1. The second kappa shape index (κ2) is 3.94. The maximum atomic E-state index is 5.82. The van der Waals surface area contributed by atoms with Gasteiger partial charge < -0.3 is 9.30 Å². The van der Waals surface area contributed by atoms with Crippen molar-refractivity contribution in [3.8, 4) is 0 Å². The summed E-state index contributed by atoms with van der Waals surface area (Å²) in [6.07, 6.45) is 4.03. The van der Waals surface area contributed by atoms with Crippen molar-refractivity contribution in [2.24, 2.45) is 0 Å². The van der Waals surface area contributed by atoms with Crippen LogP contribution in [0.4, 0.5) is 0 Å². The molecular weight excluding hydrogens is 199 g/mol. The smallest absolute Gasteiger partial charge is 0.113 e. The van der Waals surface area contributed by atoms with Crippen LogP contribution in [0.15, 0.2) is 24.5 Å². The van der Waals surface area contributed by atoms with E-state index in [1.165, 1.54) is 0 Å². The van der Waals surface area contributed by atoms with Gasteiger partial charge in [0.15, 0.2) is 0 Å². The van der Waals surface area contributed by atoms with Crippen molar-refractivity contribution in [1.82, 2.24) is 9.55 Å². The van der Waals surface area contributed by atoms with Crippen LogP contribution in [-0.4, -0.2) is 30.6 Å². The van der Waals surface area contributed by atoms with Crippen molar-refractivity contribution in [1.29, 1.82) is 0 Å². The van der Waals surface area contributed by atoms with Crippen molar-refractivity contribution in [3.63, 3.8) is 0 Å². The molecule has 0 unspecified atom stereocenters. The molecule has 1 aliphatic rings. The molecule has 0 atom stereocenters. The standard InChI is InChI=1S/C12H13BN2O/c13-9-1-2-11-12(7-9)15(8-14-11)10-3-5-16-6-4-10/h1-2,7-8,10H,3-6H2. The lowest BCUT2D eigenvalue weighted by Crippen LogP contribution is -2.19. The summed E-state index contributed by atoms with van der Waals surface area (Å²) in [5.74, 6) is 0. The Morgan fingerprint density at radius 2 is 2.12 bits per heavy atom. The Kier molecular flexibility index (Phi) is 2.44. The highest BCUT2D eigenvalue weighted by atomic mass is 16.5. The van der Waals surface area contributed by atoms with Gasteiger partial charge in [-0.1, -0.05) is 11.5 Å². The molecule has 1 saturated heterocycles. The number of aromatic nitrogens is 2. The quantitative estimate of drug-likeness (QED) is 0.663. The molecule has 80 valence electrons. The lowest BCUT2D eigenvalue weighted by atomic mass is 9.96. The molecule has 0 bridgehead atoms. The average Bonchev–Trinajstić information content (AvgIpc) is 2.73. The Labute approximate surface area is 95.8 Å². The molecule has 1 aliphatic heterocycles. The number of hydrogen-bond donors (Lipinski definition) is 0. The first kappa shape index (κ1) is 9.91. The number of rotatable bonds is 1. The Hall–Kier alpha value is -1.29. The molecule has 2 heterocycles. The normalized spacial score (nSPS) is 18.0. The molecule has 1 fully saturated rings. The minimum atomic E-state index is 0.501. The van der Waals surface area contributed by atoms with E-state index in [0.717, 1.165) is 42.6 Å². The summed E-state index contributed by atoms with van der Waals surface area (Å²) in [6.45, 7) is 1.68. The van der Waals surface area contributed by atoms with Gasteiger partial charge in [0.25, 0.3) is 0 Å². The summed E-state index contributed by atoms with van der Waals surface area (Å²) >= 11 is 0. The van der Waals surface area contributed by atoms with E-state index in [4.69, 9.17) is 12.6 Å². The van der Waals surface area contributed by atoms with Crippen LogP contribution in [0.25, 0.3) is 11.0 Å². The topological polar surface area (TPSA) is 27.1 Å². The minimum Gasteiger partial charge on any atom is -0.381 e. The van der Waals surface area contributed by atoms with Gasteiger partial charge in [-0.2, -0.15) is 0 Å². The highest BCUT2D eigenvalue weighted by Gasteiger charge is 2.17. The fourth-order valence-corrected chi connectivity index (χ4v) is 2.30. The molecule has 0 aliphatic carbocycles. The molecule has 3 nitrogen and oxygen atoms in total. The first-order valence-corrected chi connectivity index (χ1v) is 5.64. The van der Waals surface area contributed by atoms with Crippen LogP contribution in [-0.2, 0) is 4.74 Å². The van der Waals surface area contributed by atoms with E-state index in [9.17, 15) is 0 Å². The Morgan fingerprint density at radius 1 is 1.31 bits per heavy atom. The predicted octanol–water partition coefficient (Wildman–Crippen LogP) is 1.18. The zero-order valence-electron chi connectivity index (χ0n) is 9.10. The zero-order chi connectivity index (χ0) is 11.0. The first-order chi connectivity index (χ1) is 7.84. The van der Waals surface area contributed by atoms with Crippen molar-refractivity contribution in [2.75, 3.05) is 13.2 Å². The second-order valence-corrected chi connectivity index (χ2v) is 4.24. The van der Waals surface area contributed by atoms with Gasteiger partial charge in [0, 0.05) is 19.3 Å². The maximum Gasteiger partial charge on any atom is 0.113 e. The molecule has 4 heteroatoms. The van der Waals surface area contributed by atoms with Gasteiger partial charge in [0.05, 0.1) is 17.4 Å². The van der Waals surface area contributed by atoms with Crippen LogP contribution >= 0.6 is 0 Å². The molecule has 1 aromatic heterocycles. The SMILES string of the molecule is [B]c1ccc2ncn(C3CCOCC3)c2c1. The molecule has 0 spiro atoms. The van der Waals surface area contributed by atoms with Crippen molar-refractivity contribution in [3.05, 3.63) is 24.5 Å². The van der Waals surface area contributed by atoms with Gasteiger partial charge in [-0.05, 0) is 25.0 Å². The minimum absolute atomic E-state index is 0.501. The van der Waals surface area contributed by atoms with Crippen LogP contribution < -0.4 is 5.46 Å². The van der Waals surface area contributed by atoms with Crippen LogP contribution in [0.3, 0.4) is 0 Å². The maximum absolute atomic E-state index is 5.82. The molecule has 0 saturated carbocycles.